The molecular weight excluding hydrogens is 466 g/mol. The van der Waals surface area contributed by atoms with E-state index in [-0.39, 0.29) is 6.04 Å². The minimum atomic E-state index is 0.131. The number of hydrogen-bond acceptors (Lipinski definition) is 3. The molecule has 4 aromatic heterocycles. The third-order valence-electron chi connectivity index (χ3n) is 7.42. The second-order valence-corrected chi connectivity index (χ2v) is 9.61. The zero-order valence-electron chi connectivity index (χ0n) is 20.5. The molecule has 1 aliphatic rings. The first-order valence-corrected chi connectivity index (χ1v) is 12.8. The van der Waals surface area contributed by atoms with Gasteiger partial charge >= 0.3 is 0 Å². The van der Waals surface area contributed by atoms with Crippen molar-refractivity contribution in [3.63, 3.8) is 0 Å². The van der Waals surface area contributed by atoms with E-state index in [1.807, 2.05) is 24.4 Å². The van der Waals surface area contributed by atoms with Gasteiger partial charge in [0.25, 0.3) is 0 Å². The topological polar surface area (TPSA) is 47.7 Å². The fourth-order valence-corrected chi connectivity index (χ4v) is 5.70. The van der Waals surface area contributed by atoms with Crippen molar-refractivity contribution < 1.29 is 0 Å². The molecule has 0 aliphatic carbocycles. The smallest absolute Gasteiger partial charge is 0.149 e. The summed E-state index contributed by atoms with van der Waals surface area (Å²) in [5, 5.41) is 6.93. The van der Waals surface area contributed by atoms with Gasteiger partial charge in [-0.3, -0.25) is 14.1 Å². The molecule has 38 heavy (non-hydrogen) atoms. The van der Waals surface area contributed by atoms with E-state index in [2.05, 4.69) is 118 Å². The third-order valence-corrected chi connectivity index (χ3v) is 7.42. The Morgan fingerprint density at radius 2 is 1.39 bits per heavy atom. The van der Waals surface area contributed by atoms with Crippen molar-refractivity contribution in [2.24, 2.45) is 0 Å². The van der Waals surface area contributed by atoms with E-state index in [1.165, 1.54) is 10.9 Å². The van der Waals surface area contributed by atoms with Crippen LogP contribution in [-0.4, -0.2) is 19.1 Å². The van der Waals surface area contributed by atoms with Gasteiger partial charge in [-0.25, -0.2) is 4.98 Å². The van der Waals surface area contributed by atoms with Crippen LogP contribution in [0.1, 0.15) is 11.6 Å². The second kappa shape index (κ2) is 8.18. The summed E-state index contributed by atoms with van der Waals surface area (Å²) in [6.45, 7) is 0. The predicted molar refractivity (Wildman–Crippen MR) is 155 cm³/mol. The van der Waals surface area contributed by atoms with Crippen molar-refractivity contribution in [1.29, 1.82) is 0 Å². The molecule has 8 rings (SSSR count). The Bertz CT molecular complexity index is 2050. The number of aromatic nitrogens is 4. The van der Waals surface area contributed by atoms with Gasteiger partial charge in [-0.15, -0.1) is 0 Å². The van der Waals surface area contributed by atoms with Crippen LogP contribution < -0.4 is 5.32 Å². The van der Waals surface area contributed by atoms with Crippen LogP contribution in [0.25, 0.3) is 55.4 Å². The van der Waals surface area contributed by atoms with Crippen molar-refractivity contribution in [1.82, 2.24) is 24.4 Å². The van der Waals surface area contributed by atoms with E-state index in [0.717, 1.165) is 50.0 Å². The SMILES string of the molecule is C1=CC(c2ccccc2)NC=C1n1c2cccnc2c2cc3c4ccccc4n(-c4ccccc4)c3nc21. The maximum Gasteiger partial charge on any atom is 0.149 e. The van der Waals surface area contributed by atoms with Gasteiger partial charge in [-0.05, 0) is 48.0 Å². The van der Waals surface area contributed by atoms with Crippen LogP contribution in [0.4, 0.5) is 0 Å². The van der Waals surface area contributed by atoms with Crippen molar-refractivity contribution >= 4 is 49.7 Å². The van der Waals surface area contributed by atoms with Gasteiger partial charge in [-0.1, -0.05) is 72.8 Å². The fourth-order valence-electron chi connectivity index (χ4n) is 5.70. The Balaban J connectivity index is 1.40. The van der Waals surface area contributed by atoms with E-state index in [0.29, 0.717) is 0 Å². The van der Waals surface area contributed by atoms with Crippen molar-refractivity contribution in [3.05, 3.63) is 133 Å². The summed E-state index contributed by atoms with van der Waals surface area (Å²) in [5.74, 6) is 0. The summed E-state index contributed by atoms with van der Waals surface area (Å²) in [5.41, 5.74) is 8.31. The lowest BCUT2D eigenvalue weighted by molar-refractivity contribution is 0.744. The van der Waals surface area contributed by atoms with Gasteiger partial charge < -0.3 is 5.32 Å². The number of dihydropyridines is 1. The zero-order valence-corrected chi connectivity index (χ0v) is 20.5. The molecule has 1 N–H and O–H groups in total. The molecule has 0 fully saturated rings. The zero-order chi connectivity index (χ0) is 25.1. The Kier molecular flexibility index (Phi) is 4.52. The molecule has 0 radical (unpaired) electrons. The summed E-state index contributed by atoms with van der Waals surface area (Å²) in [6, 6.07) is 36.0. The van der Waals surface area contributed by atoms with Gasteiger partial charge in [0.05, 0.1) is 28.3 Å². The highest BCUT2D eigenvalue weighted by atomic mass is 15.1. The van der Waals surface area contributed by atoms with E-state index in [4.69, 9.17) is 9.97 Å². The standard InChI is InChI=1S/C33H23N5/c1-3-10-22(11-4-1)28-18-17-24(21-35-28)38-30-16-9-19-34-31(30)27-20-26-25-14-7-8-15-29(25)37(32(26)36-33(27)38)23-12-5-2-6-13-23/h1-21,28,35H. The second-order valence-electron chi connectivity index (χ2n) is 9.61. The lowest BCUT2D eigenvalue weighted by Gasteiger charge is -2.20. The van der Waals surface area contributed by atoms with Gasteiger partial charge in [0.2, 0.25) is 0 Å². The highest BCUT2D eigenvalue weighted by Crippen LogP contribution is 2.37. The molecule has 0 saturated carbocycles. The lowest BCUT2D eigenvalue weighted by Crippen LogP contribution is -2.18. The Labute approximate surface area is 219 Å². The first kappa shape index (κ1) is 21.0. The maximum atomic E-state index is 5.36. The molecule has 1 unspecified atom stereocenters. The van der Waals surface area contributed by atoms with Gasteiger partial charge in [0.15, 0.2) is 0 Å². The first-order chi connectivity index (χ1) is 18.9. The highest BCUT2D eigenvalue weighted by molar-refractivity contribution is 6.16. The quantitative estimate of drug-likeness (QED) is 0.282. The molecule has 5 heterocycles. The van der Waals surface area contributed by atoms with Gasteiger partial charge in [-0.2, -0.15) is 0 Å². The van der Waals surface area contributed by atoms with E-state index < -0.39 is 0 Å². The number of rotatable bonds is 3. The molecule has 180 valence electrons. The molecule has 0 spiro atoms. The summed E-state index contributed by atoms with van der Waals surface area (Å²) < 4.78 is 4.48. The lowest BCUT2D eigenvalue weighted by atomic mass is 10.0. The van der Waals surface area contributed by atoms with Crippen molar-refractivity contribution in [3.8, 4) is 5.69 Å². The molecule has 3 aromatic carbocycles. The summed E-state index contributed by atoms with van der Waals surface area (Å²) >= 11 is 0. The van der Waals surface area contributed by atoms with Gasteiger partial charge in [0.1, 0.15) is 11.3 Å². The number of pyridine rings is 2. The number of para-hydroxylation sites is 2. The number of benzene rings is 3. The molecule has 1 atom stereocenters. The van der Waals surface area contributed by atoms with Crippen LogP contribution >= 0.6 is 0 Å². The number of hydrogen-bond donors (Lipinski definition) is 1. The molecule has 0 amide bonds. The maximum absolute atomic E-state index is 5.36. The Morgan fingerprint density at radius 3 is 2.21 bits per heavy atom. The molecule has 0 saturated heterocycles. The van der Waals surface area contributed by atoms with Crippen LogP contribution in [0.2, 0.25) is 0 Å². The minimum absolute atomic E-state index is 0.131. The molecular formula is C33H23N5. The monoisotopic (exact) mass is 489 g/mol. The Morgan fingerprint density at radius 1 is 0.658 bits per heavy atom. The highest BCUT2D eigenvalue weighted by Gasteiger charge is 2.21. The van der Waals surface area contributed by atoms with Gasteiger partial charge in [0, 0.05) is 34.2 Å². The van der Waals surface area contributed by atoms with Crippen molar-refractivity contribution in [2.75, 3.05) is 0 Å². The van der Waals surface area contributed by atoms with Crippen LogP contribution in [0.3, 0.4) is 0 Å². The van der Waals surface area contributed by atoms with Crippen LogP contribution in [0.15, 0.2) is 128 Å². The van der Waals surface area contributed by atoms with Crippen LogP contribution in [0, 0.1) is 0 Å². The largest absolute Gasteiger partial charge is 0.379 e. The summed E-state index contributed by atoms with van der Waals surface area (Å²) in [4.78, 5) is 10.2. The average molecular weight is 490 g/mol. The first-order valence-electron chi connectivity index (χ1n) is 12.8. The van der Waals surface area contributed by atoms with E-state index in [9.17, 15) is 0 Å². The predicted octanol–water partition coefficient (Wildman–Crippen LogP) is 7.38. The molecule has 5 heteroatoms. The summed E-state index contributed by atoms with van der Waals surface area (Å²) in [6.07, 6.45) is 8.33. The third kappa shape index (κ3) is 3.05. The number of fused-ring (bicyclic) bond motifs is 6. The Hall–Kier alpha value is -5.16. The normalized spacial score (nSPS) is 15.4. The number of nitrogens with one attached hydrogen (secondary N) is 1. The summed E-state index contributed by atoms with van der Waals surface area (Å²) in [7, 11) is 0. The molecule has 7 aromatic rings. The van der Waals surface area contributed by atoms with E-state index >= 15 is 0 Å². The average Bonchev–Trinajstić information content (AvgIpc) is 3.49. The molecule has 1 aliphatic heterocycles. The van der Waals surface area contributed by atoms with Crippen LogP contribution in [-0.2, 0) is 0 Å². The number of nitrogens with zero attached hydrogens (tertiary/aromatic N) is 4. The number of allylic oxidation sites excluding steroid dienone is 2. The molecule has 5 nitrogen and oxygen atoms in total. The fraction of sp³-hybridized carbons (Fsp3) is 0.0303. The van der Waals surface area contributed by atoms with E-state index in [1.54, 1.807) is 0 Å². The molecule has 0 bridgehead atoms. The van der Waals surface area contributed by atoms with Crippen molar-refractivity contribution in [2.45, 2.75) is 6.04 Å². The van der Waals surface area contributed by atoms with Crippen LogP contribution in [0.5, 0.6) is 0 Å². The minimum Gasteiger partial charge on any atom is -0.379 e.